The first-order chi connectivity index (χ1) is 7.15. The highest BCUT2D eigenvalue weighted by Gasteiger charge is 2.15. The predicted octanol–water partition coefficient (Wildman–Crippen LogP) is 3.91. The largest absolute Gasteiger partial charge is 0.308 e. The smallest absolute Gasteiger partial charge is 0.0244 e. The van der Waals surface area contributed by atoms with Crippen molar-refractivity contribution in [1.82, 2.24) is 0 Å². The van der Waals surface area contributed by atoms with Crippen molar-refractivity contribution in [2.45, 2.75) is 20.3 Å². The molecule has 2 unspecified atom stereocenters. The van der Waals surface area contributed by atoms with Crippen molar-refractivity contribution in [3.8, 4) is 0 Å². The van der Waals surface area contributed by atoms with Crippen LogP contribution in [-0.4, -0.2) is 6.21 Å². The molecule has 1 nitrogen and oxygen atoms in total. The van der Waals surface area contributed by atoms with Crippen molar-refractivity contribution >= 4 is 6.21 Å². The van der Waals surface area contributed by atoms with E-state index in [1.165, 1.54) is 11.8 Å². The standard InChI is InChI=1S/C14H19N/c1-11(10-15)9-13(3)14-8-6-4-5-7-12(14)2/h4-6,8-10,12,14-15H,1,7H2,2-3H3. The van der Waals surface area contributed by atoms with Gasteiger partial charge in [0.25, 0.3) is 0 Å². The van der Waals surface area contributed by atoms with Crippen LogP contribution < -0.4 is 0 Å². The van der Waals surface area contributed by atoms with Crippen molar-refractivity contribution in [1.29, 1.82) is 5.41 Å². The fourth-order valence-electron chi connectivity index (χ4n) is 1.92. The molecule has 0 aromatic rings. The third kappa shape index (κ3) is 3.35. The van der Waals surface area contributed by atoms with Gasteiger partial charge in [0.2, 0.25) is 0 Å². The van der Waals surface area contributed by atoms with E-state index in [4.69, 9.17) is 5.41 Å². The topological polar surface area (TPSA) is 23.9 Å². The van der Waals surface area contributed by atoms with E-state index in [-0.39, 0.29) is 0 Å². The molecule has 0 aliphatic heterocycles. The van der Waals surface area contributed by atoms with Crippen LogP contribution in [0.1, 0.15) is 20.3 Å². The van der Waals surface area contributed by atoms with Crippen LogP contribution >= 0.6 is 0 Å². The summed E-state index contributed by atoms with van der Waals surface area (Å²) in [5, 5.41) is 7.11. The lowest BCUT2D eigenvalue weighted by molar-refractivity contribution is 0.488. The molecule has 0 aromatic heterocycles. The van der Waals surface area contributed by atoms with E-state index in [1.54, 1.807) is 0 Å². The monoisotopic (exact) mass is 201 g/mol. The van der Waals surface area contributed by atoms with Crippen molar-refractivity contribution in [2.24, 2.45) is 11.8 Å². The Labute approximate surface area is 92.4 Å². The Kier molecular flexibility index (Phi) is 4.29. The van der Waals surface area contributed by atoms with Crippen molar-refractivity contribution in [3.05, 3.63) is 48.1 Å². The molecule has 0 saturated heterocycles. The number of rotatable bonds is 3. The molecule has 0 saturated carbocycles. The summed E-state index contributed by atoms with van der Waals surface area (Å²) >= 11 is 0. The quantitative estimate of drug-likeness (QED) is 0.529. The Morgan fingerprint density at radius 2 is 2.20 bits per heavy atom. The van der Waals surface area contributed by atoms with Gasteiger partial charge < -0.3 is 5.41 Å². The van der Waals surface area contributed by atoms with Gasteiger partial charge in [0, 0.05) is 12.1 Å². The zero-order valence-electron chi connectivity index (χ0n) is 9.53. The number of hydrogen-bond donors (Lipinski definition) is 1. The average Bonchev–Trinajstić information content (AvgIpc) is 2.42. The molecule has 0 heterocycles. The van der Waals surface area contributed by atoms with Crippen LogP contribution in [0.15, 0.2) is 48.1 Å². The van der Waals surface area contributed by atoms with Gasteiger partial charge in [-0.15, -0.1) is 0 Å². The molecule has 1 aliphatic carbocycles. The second-order valence-corrected chi connectivity index (χ2v) is 4.16. The Bertz CT molecular complexity index is 331. The maximum absolute atomic E-state index is 7.11. The van der Waals surface area contributed by atoms with Crippen LogP contribution in [0, 0.1) is 17.2 Å². The molecule has 0 radical (unpaired) electrons. The summed E-state index contributed by atoms with van der Waals surface area (Å²) in [6.45, 7) is 8.17. The molecule has 0 amide bonds. The first kappa shape index (κ1) is 11.7. The first-order valence-electron chi connectivity index (χ1n) is 5.36. The van der Waals surface area contributed by atoms with Gasteiger partial charge in [-0.3, -0.25) is 0 Å². The van der Waals surface area contributed by atoms with Crippen LogP contribution in [-0.2, 0) is 0 Å². The lowest BCUT2D eigenvalue weighted by atomic mass is 9.85. The van der Waals surface area contributed by atoms with Gasteiger partial charge in [-0.2, -0.15) is 0 Å². The lowest BCUT2D eigenvalue weighted by Crippen LogP contribution is -2.09. The second kappa shape index (κ2) is 5.50. The van der Waals surface area contributed by atoms with Gasteiger partial charge in [-0.05, 0) is 24.8 Å². The molecule has 0 bridgehead atoms. The van der Waals surface area contributed by atoms with Crippen LogP contribution in [0.5, 0.6) is 0 Å². The molecule has 0 aromatic carbocycles. The van der Waals surface area contributed by atoms with Gasteiger partial charge in [0.1, 0.15) is 0 Å². The molecule has 1 rings (SSSR count). The molecule has 15 heavy (non-hydrogen) atoms. The molecule has 0 spiro atoms. The van der Waals surface area contributed by atoms with Crippen LogP contribution in [0.25, 0.3) is 0 Å². The zero-order valence-corrected chi connectivity index (χ0v) is 9.53. The summed E-state index contributed by atoms with van der Waals surface area (Å²) in [7, 11) is 0. The maximum Gasteiger partial charge on any atom is 0.0244 e. The van der Waals surface area contributed by atoms with E-state index in [0.717, 1.165) is 12.0 Å². The fourth-order valence-corrected chi connectivity index (χ4v) is 1.92. The van der Waals surface area contributed by atoms with E-state index in [1.807, 2.05) is 6.08 Å². The lowest BCUT2D eigenvalue weighted by Gasteiger charge is -2.19. The average molecular weight is 201 g/mol. The van der Waals surface area contributed by atoms with Gasteiger partial charge in [0.05, 0.1) is 0 Å². The molecule has 1 aliphatic rings. The summed E-state index contributed by atoms with van der Waals surface area (Å²) in [5.41, 5.74) is 2.06. The highest BCUT2D eigenvalue weighted by Crippen LogP contribution is 2.27. The van der Waals surface area contributed by atoms with Gasteiger partial charge in [-0.1, -0.05) is 49.5 Å². The van der Waals surface area contributed by atoms with Crippen molar-refractivity contribution < 1.29 is 0 Å². The molecule has 1 N–H and O–H groups in total. The van der Waals surface area contributed by atoms with E-state index >= 15 is 0 Å². The Morgan fingerprint density at radius 3 is 2.87 bits per heavy atom. The Hall–Kier alpha value is -1.37. The first-order valence-corrected chi connectivity index (χ1v) is 5.36. The maximum atomic E-state index is 7.11. The molecule has 2 atom stereocenters. The normalized spacial score (nSPS) is 26.1. The van der Waals surface area contributed by atoms with Crippen LogP contribution in [0.3, 0.4) is 0 Å². The van der Waals surface area contributed by atoms with Crippen LogP contribution in [0.2, 0.25) is 0 Å². The van der Waals surface area contributed by atoms with E-state index in [0.29, 0.717) is 11.8 Å². The molecular weight excluding hydrogens is 182 g/mol. The number of allylic oxidation sites excluding steroid dienone is 7. The van der Waals surface area contributed by atoms with Crippen LogP contribution in [0.4, 0.5) is 0 Å². The highest BCUT2D eigenvalue weighted by molar-refractivity contribution is 5.78. The fraction of sp³-hybridized carbons (Fsp3) is 0.357. The Morgan fingerprint density at radius 1 is 1.47 bits per heavy atom. The van der Waals surface area contributed by atoms with Crippen molar-refractivity contribution in [2.75, 3.05) is 0 Å². The highest BCUT2D eigenvalue weighted by atomic mass is 14.3. The van der Waals surface area contributed by atoms with E-state index in [2.05, 4.69) is 44.7 Å². The van der Waals surface area contributed by atoms with E-state index < -0.39 is 0 Å². The minimum absolute atomic E-state index is 0.469. The molecular formula is C14H19N. The third-order valence-corrected chi connectivity index (χ3v) is 2.81. The predicted molar refractivity (Wildman–Crippen MR) is 67.2 cm³/mol. The van der Waals surface area contributed by atoms with Crippen molar-refractivity contribution in [3.63, 3.8) is 0 Å². The molecule has 0 fully saturated rings. The van der Waals surface area contributed by atoms with E-state index in [9.17, 15) is 0 Å². The minimum Gasteiger partial charge on any atom is -0.308 e. The molecule has 80 valence electrons. The summed E-state index contributed by atoms with van der Waals surface area (Å²) in [6.07, 6.45) is 13.1. The SMILES string of the molecule is C=C(C=N)C=C(C)C1C=CC=CCC1C. The van der Waals surface area contributed by atoms with Gasteiger partial charge >= 0.3 is 0 Å². The number of hydrogen-bond acceptors (Lipinski definition) is 1. The summed E-state index contributed by atoms with van der Waals surface area (Å²) in [6, 6.07) is 0. The summed E-state index contributed by atoms with van der Waals surface area (Å²) < 4.78 is 0. The summed E-state index contributed by atoms with van der Waals surface area (Å²) in [4.78, 5) is 0. The number of nitrogens with one attached hydrogen (secondary N) is 1. The second-order valence-electron chi connectivity index (χ2n) is 4.16. The van der Waals surface area contributed by atoms with Gasteiger partial charge in [-0.25, -0.2) is 0 Å². The van der Waals surface area contributed by atoms with Gasteiger partial charge in [0.15, 0.2) is 0 Å². The Balaban J connectivity index is 2.82. The molecule has 1 heteroatoms. The third-order valence-electron chi connectivity index (χ3n) is 2.81. The summed E-state index contributed by atoms with van der Waals surface area (Å²) in [5.74, 6) is 1.09. The zero-order chi connectivity index (χ0) is 11.3. The minimum atomic E-state index is 0.469.